The van der Waals surface area contributed by atoms with E-state index >= 15 is 0 Å². The lowest BCUT2D eigenvalue weighted by molar-refractivity contribution is 0.420. The molecule has 2 aromatic carbocycles. The summed E-state index contributed by atoms with van der Waals surface area (Å²) >= 11 is 0. The first-order valence-corrected chi connectivity index (χ1v) is 5.86. The Hall–Kier alpha value is -2.29. The predicted molar refractivity (Wildman–Crippen MR) is 72.7 cm³/mol. The zero-order valence-electron chi connectivity index (χ0n) is 10.4. The first kappa shape index (κ1) is 10.8. The lowest BCUT2D eigenvalue weighted by Crippen LogP contribution is -1.89. The smallest absolute Gasteiger partial charge is 0.130 e. The van der Waals surface area contributed by atoms with Crippen LogP contribution in [0.25, 0.3) is 22.2 Å². The van der Waals surface area contributed by atoms with E-state index in [4.69, 9.17) is 4.74 Å². The minimum atomic E-state index is 0.861. The van der Waals surface area contributed by atoms with E-state index in [1.807, 2.05) is 42.1 Å². The maximum Gasteiger partial charge on any atom is 0.130 e. The zero-order valence-corrected chi connectivity index (χ0v) is 10.4. The highest BCUT2D eigenvalue weighted by Crippen LogP contribution is 2.34. The lowest BCUT2D eigenvalue weighted by Gasteiger charge is -2.03. The summed E-state index contributed by atoms with van der Waals surface area (Å²) in [7, 11) is 3.64. The first-order valence-electron chi connectivity index (χ1n) is 5.86. The minimum Gasteiger partial charge on any atom is -0.496 e. The summed E-state index contributed by atoms with van der Waals surface area (Å²) in [6, 6.07) is 16.2. The van der Waals surface area contributed by atoms with Crippen molar-refractivity contribution in [1.82, 2.24) is 9.78 Å². The summed E-state index contributed by atoms with van der Waals surface area (Å²) in [5.41, 5.74) is 3.14. The maximum absolute atomic E-state index is 5.45. The summed E-state index contributed by atoms with van der Waals surface area (Å²) in [6.07, 6.45) is 0. The summed E-state index contributed by atoms with van der Waals surface area (Å²) in [4.78, 5) is 0. The molecule has 3 rings (SSSR count). The van der Waals surface area contributed by atoms with E-state index < -0.39 is 0 Å². The van der Waals surface area contributed by atoms with Crippen LogP contribution in [0.1, 0.15) is 0 Å². The van der Waals surface area contributed by atoms with Gasteiger partial charge >= 0.3 is 0 Å². The van der Waals surface area contributed by atoms with E-state index in [2.05, 4.69) is 23.3 Å². The van der Waals surface area contributed by atoms with Gasteiger partial charge in [0.1, 0.15) is 11.4 Å². The van der Waals surface area contributed by atoms with Crippen molar-refractivity contribution in [3.8, 4) is 17.0 Å². The Morgan fingerprint density at radius 2 is 1.78 bits per heavy atom. The highest BCUT2D eigenvalue weighted by molar-refractivity contribution is 5.98. The monoisotopic (exact) mass is 238 g/mol. The Morgan fingerprint density at radius 1 is 1.00 bits per heavy atom. The van der Waals surface area contributed by atoms with Gasteiger partial charge in [-0.1, -0.05) is 36.4 Å². The van der Waals surface area contributed by atoms with Crippen molar-refractivity contribution in [2.75, 3.05) is 7.11 Å². The highest BCUT2D eigenvalue weighted by Gasteiger charge is 2.14. The Kier molecular flexibility index (Phi) is 2.52. The van der Waals surface area contributed by atoms with Crippen molar-refractivity contribution in [3.05, 3.63) is 48.5 Å². The maximum atomic E-state index is 5.45. The quantitative estimate of drug-likeness (QED) is 0.685. The van der Waals surface area contributed by atoms with E-state index in [-0.39, 0.29) is 0 Å². The second kappa shape index (κ2) is 4.18. The molecule has 0 aliphatic carbocycles. The number of hydrogen-bond donors (Lipinski definition) is 0. The van der Waals surface area contributed by atoms with Gasteiger partial charge in [0.2, 0.25) is 0 Å². The van der Waals surface area contributed by atoms with E-state index in [1.165, 1.54) is 0 Å². The number of rotatable bonds is 2. The SMILES string of the molecule is COc1cccc2c1c(-c1ccccc1)nn2C. The van der Waals surface area contributed by atoms with Crippen molar-refractivity contribution >= 4 is 10.9 Å². The molecule has 3 nitrogen and oxygen atoms in total. The second-order valence-corrected chi connectivity index (χ2v) is 4.19. The van der Waals surface area contributed by atoms with Crippen molar-refractivity contribution in [1.29, 1.82) is 0 Å². The zero-order chi connectivity index (χ0) is 12.5. The number of methoxy groups -OCH3 is 1. The van der Waals surface area contributed by atoms with Gasteiger partial charge in [-0.05, 0) is 12.1 Å². The normalized spacial score (nSPS) is 10.8. The third-order valence-corrected chi connectivity index (χ3v) is 3.11. The fourth-order valence-electron chi connectivity index (χ4n) is 2.25. The summed E-state index contributed by atoms with van der Waals surface area (Å²) in [6.45, 7) is 0. The number of hydrogen-bond acceptors (Lipinski definition) is 2. The molecule has 0 aliphatic heterocycles. The van der Waals surface area contributed by atoms with Crippen LogP contribution in [-0.4, -0.2) is 16.9 Å². The number of ether oxygens (including phenoxy) is 1. The Balaban J connectivity index is 2.37. The fraction of sp³-hybridized carbons (Fsp3) is 0.133. The molecule has 1 heterocycles. The van der Waals surface area contributed by atoms with Crippen molar-refractivity contribution < 1.29 is 4.74 Å². The predicted octanol–water partition coefficient (Wildman–Crippen LogP) is 3.25. The summed E-state index contributed by atoms with van der Waals surface area (Å²) in [5, 5.41) is 5.67. The molecule has 0 aliphatic rings. The molecule has 1 aromatic heterocycles. The van der Waals surface area contributed by atoms with Gasteiger partial charge in [-0.3, -0.25) is 4.68 Å². The van der Waals surface area contributed by atoms with Crippen LogP contribution >= 0.6 is 0 Å². The van der Waals surface area contributed by atoms with Gasteiger partial charge in [0, 0.05) is 12.6 Å². The first-order chi connectivity index (χ1) is 8.81. The van der Waals surface area contributed by atoms with Gasteiger partial charge < -0.3 is 4.74 Å². The van der Waals surface area contributed by atoms with E-state index in [0.29, 0.717) is 0 Å². The van der Waals surface area contributed by atoms with E-state index in [1.54, 1.807) is 7.11 Å². The Morgan fingerprint density at radius 3 is 2.50 bits per heavy atom. The fourth-order valence-corrected chi connectivity index (χ4v) is 2.25. The molecule has 0 saturated heterocycles. The van der Waals surface area contributed by atoms with Gasteiger partial charge in [-0.2, -0.15) is 5.10 Å². The Labute approximate surface area is 106 Å². The molecular formula is C15H14N2O. The number of fused-ring (bicyclic) bond motifs is 1. The highest BCUT2D eigenvalue weighted by atomic mass is 16.5. The van der Waals surface area contributed by atoms with Crippen LogP contribution < -0.4 is 4.74 Å². The molecule has 0 unspecified atom stereocenters. The van der Waals surface area contributed by atoms with Crippen molar-refractivity contribution in [2.45, 2.75) is 0 Å². The molecule has 0 bridgehead atoms. The number of nitrogens with zero attached hydrogens (tertiary/aromatic N) is 2. The third kappa shape index (κ3) is 1.56. The van der Waals surface area contributed by atoms with E-state index in [0.717, 1.165) is 27.9 Å². The number of aromatic nitrogens is 2. The van der Waals surface area contributed by atoms with Crippen molar-refractivity contribution in [3.63, 3.8) is 0 Å². The molecule has 0 fully saturated rings. The third-order valence-electron chi connectivity index (χ3n) is 3.11. The van der Waals surface area contributed by atoms with Gasteiger partial charge in [0.05, 0.1) is 18.0 Å². The van der Waals surface area contributed by atoms with Gasteiger partial charge in [-0.25, -0.2) is 0 Å². The molecule has 0 atom stereocenters. The van der Waals surface area contributed by atoms with Crippen molar-refractivity contribution in [2.24, 2.45) is 7.05 Å². The van der Waals surface area contributed by atoms with Crippen LogP contribution in [0.2, 0.25) is 0 Å². The molecular weight excluding hydrogens is 224 g/mol. The topological polar surface area (TPSA) is 27.1 Å². The van der Waals surface area contributed by atoms with Crippen LogP contribution in [0.5, 0.6) is 5.75 Å². The molecule has 0 radical (unpaired) electrons. The van der Waals surface area contributed by atoms with Crippen LogP contribution in [0, 0.1) is 0 Å². The minimum absolute atomic E-state index is 0.861. The van der Waals surface area contributed by atoms with E-state index in [9.17, 15) is 0 Å². The lowest BCUT2D eigenvalue weighted by atomic mass is 10.1. The summed E-state index contributed by atoms with van der Waals surface area (Å²) in [5.74, 6) is 0.861. The van der Waals surface area contributed by atoms with Gasteiger partial charge in [0.15, 0.2) is 0 Å². The average molecular weight is 238 g/mol. The largest absolute Gasteiger partial charge is 0.496 e. The van der Waals surface area contributed by atoms with Crippen LogP contribution in [0.4, 0.5) is 0 Å². The van der Waals surface area contributed by atoms with Crippen LogP contribution in [0.3, 0.4) is 0 Å². The van der Waals surface area contributed by atoms with Gasteiger partial charge in [-0.15, -0.1) is 0 Å². The average Bonchev–Trinajstić information content (AvgIpc) is 2.77. The van der Waals surface area contributed by atoms with Gasteiger partial charge in [0.25, 0.3) is 0 Å². The molecule has 90 valence electrons. The summed E-state index contributed by atoms with van der Waals surface area (Å²) < 4.78 is 7.34. The van der Waals surface area contributed by atoms with Crippen LogP contribution in [0.15, 0.2) is 48.5 Å². The molecule has 3 heteroatoms. The second-order valence-electron chi connectivity index (χ2n) is 4.19. The molecule has 0 amide bonds. The number of benzene rings is 2. The standard InChI is InChI=1S/C15H14N2O/c1-17-12-9-6-10-13(18-2)14(12)15(16-17)11-7-4-3-5-8-11/h3-10H,1-2H3. The molecule has 0 saturated carbocycles. The Bertz CT molecular complexity index is 686. The number of aryl methyl sites for hydroxylation is 1. The molecule has 0 spiro atoms. The molecule has 3 aromatic rings. The molecule has 0 N–H and O–H groups in total. The van der Waals surface area contributed by atoms with Crippen LogP contribution in [-0.2, 0) is 7.05 Å². The molecule has 18 heavy (non-hydrogen) atoms.